The molecule has 0 radical (unpaired) electrons. The van der Waals surface area contributed by atoms with Gasteiger partial charge in [0, 0.05) is 12.6 Å². The lowest BCUT2D eigenvalue weighted by molar-refractivity contribution is -0.0767. The highest BCUT2D eigenvalue weighted by Crippen LogP contribution is 2.30. The van der Waals surface area contributed by atoms with Crippen LogP contribution in [0.15, 0.2) is 18.2 Å². The molecule has 2 heterocycles. The number of ether oxygens (including phenoxy) is 1. The third kappa shape index (κ3) is 2.49. The summed E-state index contributed by atoms with van der Waals surface area (Å²) in [5.41, 5.74) is 0.927. The number of nitrogens with zero attached hydrogens (tertiary/aromatic N) is 2. The Morgan fingerprint density at radius 2 is 2.26 bits per heavy atom. The number of halogens is 1. The van der Waals surface area contributed by atoms with Crippen molar-refractivity contribution < 1.29 is 9.13 Å². The van der Waals surface area contributed by atoms with E-state index in [-0.39, 0.29) is 11.7 Å². The molecular weight excluding hydrogens is 243 g/mol. The average molecular weight is 260 g/mol. The van der Waals surface area contributed by atoms with Crippen molar-refractivity contribution in [3.8, 4) is 6.07 Å². The lowest BCUT2D eigenvalue weighted by Crippen LogP contribution is -2.48. The highest BCUT2D eigenvalue weighted by Gasteiger charge is 2.31. The van der Waals surface area contributed by atoms with Crippen molar-refractivity contribution in [2.45, 2.75) is 31.4 Å². The fraction of sp³-hybridized carbons (Fsp3) is 0.533. The van der Waals surface area contributed by atoms with E-state index in [1.54, 1.807) is 6.07 Å². The van der Waals surface area contributed by atoms with Crippen molar-refractivity contribution in [2.24, 2.45) is 0 Å². The Bertz CT molecular complexity index is 511. The molecule has 0 aromatic heterocycles. The number of piperidine rings is 1. The standard InChI is InChI=1S/C15H17FN2O/c16-14-7-11(4-5-12(14)8-17)15-9-18-6-2-1-3-13(18)10-19-15/h4-5,7,13,15H,1-3,6,9-10H2/t13-,15+/m0/s1. The molecule has 3 rings (SSSR count). The van der Waals surface area contributed by atoms with Crippen LogP contribution in [0.3, 0.4) is 0 Å². The summed E-state index contributed by atoms with van der Waals surface area (Å²) in [6.45, 7) is 2.67. The highest BCUT2D eigenvalue weighted by molar-refractivity contribution is 5.34. The van der Waals surface area contributed by atoms with E-state index in [0.717, 1.165) is 25.3 Å². The Labute approximate surface area is 112 Å². The second-order valence-corrected chi connectivity index (χ2v) is 5.32. The second kappa shape index (κ2) is 5.28. The zero-order valence-electron chi connectivity index (χ0n) is 10.8. The number of hydrogen-bond donors (Lipinski definition) is 0. The number of hydrogen-bond acceptors (Lipinski definition) is 3. The van der Waals surface area contributed by atoms with Crippen molar-refractivity contribution in [3.63, 3.8) is 0 Å². The molecule has 2 aliphatic heterocycles. The van der Waals surface area contributed by atoms with Crippen LogP contribution in [-0.2, 0) is 4.74 Å². The highest BCUT2D eigenvalue weighted by atomic mass is 19.1. The van der Waals surface area contributed by atoms with Gasteiger partial charge in [0.15, 0.2) is 0 Å². The second-order valence-electron chi connectivity index (χ2n) is 5.32. The number of fused-ring (bicyclic) bond motifs is 1. The molecule has 2 saturated heterocycles. The molecule has 0 bridgehead atoms. The summed E-state index contributed by atoms with van der Waals surface area (Å²) in [5.74, 6) is -0.454. The molecule has 0 spiro atoms. The molecule has 0 unspecified atom stereocenters. The fourth-order valence-corrected chi connectivity index (χ4v) is 3.01. The van der Waals surface area contributed by atoms with E-state index >= 15 is 0 Å². The first kappa shape index (κ1) is 12.6. The predicted octanol–water partition coefficient (Wildman–Crippen LogP) is 2.62. The zero-order valence-corrected chi connectivity index (χ0v) is 10.8. The van der Waals surface area contributed by atoms with Gasteiger partial charge < -0.3 is 4.74 Å². The van der Waals surface area contributed by atoms with Crippen LogP contribution in [0.25, 0.3) is 0 Å². The Morgan fingerprint density at radius 1 is 1.37 bits per heavy atom. The van der Waals surface area contributed by atoms with Crippen LogP contribution in [0.1, 0.15) is 36.5 Å². The van der Waals surface area contributed by atoms with Crippen molar-refractivity contribution in [2.75, 3.05) is 19.7 Å². The van der Waals surface area contributed by atoms with Gasteiger partial charge in [-0.25, -0.2) is 4.39 Å². The van der Waals surface area contributed by atoms with Gasteiger partial charge in [-0.15, -0.1) is 0 Å². The molecular formula is C15H17FN2O. The summed E-state index contributed by atoms with van der Waals surface area (Å²) in [7, 11) is 0. The van der Waals surface area contributed by atoms with Gasteiger partial charge in [0.25, 0.3) is 0 Å². The van der Waals surface area contributed by atoms with Crippen LogP contribution in [0, 0.1) is 17.1 Å². The molecule has 19 heavy (non-hydrogen) atoms. The number of benzene rings is 1. The fourth-order valence-electron chi connectivity index (χ4n) is 3.01. The largest absolute Gasteiger partial charge is 0.371 e. The van der Waals surface area contributed by atoms with Gasteiger partial charge in [-0.2, -0.15) is 5.26 Å². The predicted molar refractivity (Wildman–Crippen MR) is 69.0 cm³/mol. The van der Waals surface area contributed by atoms with E-state index in [0.29, 0.717) is 6.04 Å². The van der Waals surface area contributed by atoms with Crippen LogP contribution in [-0.4, -0.2) is 30.6 Å². The van der Waals surface area contributed by atoms with Crippen molar-refractivity contribution in [1.29, 1.82) is 5.26 Å². The van der Waals surface area contributed by atoms with Gasteiger partial charge in [0.2, 0.25) is 0 Å². The molecule has 0 aliphatic carbocycles. The third-order valence-corrected chi connectivity index (χ3v) is 4.12. The molecule has 0 amide bonds. The maximum absolute atomic E-state index is 13.6. The van der Waals surface area contributed by atoms with E-state index in [2.05, 4.69) is 4.90 Å². The minimum atomic E-state index is -0.454. The van der Waals surface area contributed by atoms with Crippen LogP contribution in [0.2, 0.25) is 0 Å². The van der Waals surface area contributed by atoms with E-state index in [4.69, 9.17) is 10.00 Å². The van der Waals surface area contributed by atoms with Gasteiger partial charge in [-0.05, 0) is 37.1 Å². The smallest absolute Gasteiger partial charge is 0.141 e. The lowest BCUT2D eigenvalue weighted by Gasteiger charge is -2.42. The van der Waals surface area contributed by atoms with E-state index in [9.17, 15) is 4.39 Å². The molecule has 3 nitrogen and oxygen atoms in total. The SMILES string of the molecule is N#Cc1ccc([C@H]2CN3CCCC[C@H]3CO2)cc1F. The summed E-state index contributed by atoms with van der Waals surface area (Å²) in [5, 5.41) is 8.74. The molecule has 100 valence electrons. The molecule has 0 N–H and O–H groups in total. The number of rotatable bonds is 1. The van der Waals surface area contributed by atoms with Crippen LogP contribution < -0.4 is 0 Å². The van der Waals surface area contributed by atoms with Gasteiger partial charge in [-0.3, -0.25) is 4.90 Å². The van der Waals surface area contributed by atoms with Crippen molar-refractivity contribution >= 4 is 0 Å². The first-order valence-corrected chi connectivity index (χ1v) is 6.83. The van der Waals surface area contributed by atoms with Crippen molar-refractivity contribution in [1.82, 2.24) is 4.90 Å². The summed E-state index contributed by atoms with van der Waals surface area (Å²) in [4.78, 5) is 2.45. The van der Waals surface area contributed by atoms with E-state index in [1.807, 2.05) is 6.07 Å². The molecule has 4 heteroatoms. The van der Waals surface area contributed by atoms with Crippen LogP contribution >= 0.6 is 0 Å². The summed E-state index contributed by atoms with van der Waals surface area (Å²) < 4.78 is 19.5. The Kier molecular flexibility index (Phi) is 3.50. The topological polar surface area (TPSA) is 36.3 Å². The molecule has 2 fully saturated rings. The average Bonchev–Trinajstić information content (AvgIpc) is 2.46. The maximum Gasteiger partial charge on any atom is 0.141 e. The number of morpholine rings is 1. The van der Waals surface area contributed by atoms with Crippen molar-refractivity contribution in [3.05, 3.63) is 35.1 Å². The van der Waals surface area contributed by atoms with Crippen LogP contribution in [0.5, 0.6) is 0 Å². The van der Waals surface area contributed by atoms with E-state index in [1.165, 1.54) is 31.4 Å². The first-order valence-electron chi connectivity index (χ1n) is 6.83. The van der Waals surface area contributed by atoms with Gasteiger partial charge >= 0.3 is 0 Å². The lowest BCUT2D eigenvalue weighted by atomic mass is 9.98. The van der Waals surface area contributed by atoms with Crippen LogP contribution in [0.4, 0.5) is 4.39 Å². The Balaban J connectivity index is 1.76. The minimum Gasteiger partial charge on any atom is -0.371 e. The molecule has 2 atom stereocenters. The molecule has 1 aromatic carbocycles. The first-order chi connectivity index (χ1) is 9.28. The van der Waals surface area contributed by atoms with Gasteiger partial charge in [0.1, 0.15) is 11.9 Å². The third-order valence-electron chi connectivity index (χ3n) is 4.12. The summed E-state index contributed by atoms with van der Waals surface area (Å²) >= 11 is 0. The Morgan fingerprint density at radius 3 is 3.05 bits per heavy atom. The van der Waals surface area contributed by atoms with E-state index < -0.39 is 5.82 Å². The van der Waals surface area contributed by atoms with Gasteiger partial charge in [0.05, 0.1) is 18.3 Å². The minimum absolute atomic E-state index is 0.0726. The Hall–Kier alpha value is -1.44. The van der Waals surface area contributed by atoms with Gasteiger partial charge in [-0.1, -0.05) is 12.5 Å². The monoisotopic (exact) mass is 260 g/mol. The molecule has 0 saturated carbocycles. The number of nitriles is 1. The quantitative estimate of drug-likeness (QED) is 0.778. The summed E-state index contributed by atoms with van der Waals surface area (Å²) in [6.07, 6.45) is 3.65. The summed E-state index contributed by atoms with van der Waals surface area (Å²) in [6, 6.07) is 7.16. The maximum atomic E-state index is 13.6. The zero-order chi connectivity index (χ0) is 13.2. The molecule has 1 aromatic rings. The normalized spacial score (nSPS) is 27.6. The molecule has 2 aliphatic rings.